The van der Waals surface area contributed by atoms with Crippen molar-refractivity contribution >= 4 is 28.8 Å². The van der Waals surface area contributed by atoms with Gasteiger partial charge in [-0.25, -0.2) is 4.79 Å². The van der Waals surface area contributed by atoms with Crippen LogP contribution in [-0.4, -0.2) is 32.9 Å². The number of benzene rings is 1. The van der Waals surface area contributed by atoms with Crippen molar-refractivity contribution in [3.05, 3.63) is 46.8 Å². The van der Waals surface area contributed by atoms with Crippen LogP contribution in [0.1, 0.15) is 64.9 Å². The number of hydrogen-bond acceptors (Lipinski definition) is 5. The Morgan fingerprint density at radius 3 is 2.40 bits per heavy atom. The molecular formula is C23H34N2O3S2. The maximum atomic E-state index is 12.4. The highest BCUT2D eigenvalue weighted by molar-refractivity contribution is 7.90. The summed E-state index contributed by atoms with van der Waals surface area (Å²) in [4.78, 5) is 16.2. The number of rotatable bonds is 6. The highest BCUT2D eigenvalue weighted by Crippen LogP contribution is 2.34. The molecule has 1 aromatic carbocycles. The number of carbonyl (C=O) groups is 1. The van der Waals surface area contributed by atoms with E-state index >= 15 is 0 Å². The topological polar surface area (TPSA) is 64.6 Å². The zero-order chi connectivity index (χ0) is 22.7. The first-order valence-electron chi connectivity index (χ1n) is 10.1. The second kappa shape index (κ2) is 9.73. The average Bonchev–Trinajstić information content (AvgIpc) is 3.09. The molecule has 1 N–H and O–H groups in total. The Balaban J connectivity index is 2.17. The van der Waals surface area contributed by atoms with Gasteiger partial charge in [0.1, 0.15) is 10.3 Å². The van der Waals surface area contributed by atoms with Gasteiger partial charge in [-0.1, -0.05) is 24.3 Å². The SMILES string of the molecule is CC(N[S@+]([O-])C(C)(C)C)c1ccc(-c2ccccc2CN(C)C(=O)OC(C)(C)C)s1. The fraction of sp³-hybridized carbons (Fsp3) is 0.522. The van der Waals surface area contributed by atoms with Gasteiger partial charge in [-0.2, -0.15) is 0 Å². The van der Waals surface area contributed by atoms with Gasteiger partial charge in [-0.05, 0) is 71.7 Å². The molecule has 0 aliphatic rings. The highest BCUT2D eigenvalue weighted by Gasteiger charge is 2.29. The first-order chi connectivity index (χ1) is 13.8. The normalized spacial score (nSPS) is 14.3. The second-order valence-electron chi connectivity index (χ2n) is 9.42. The molecule has 1 heterocycles. The first-order valence-corrected chi connectivity index (χ1v) is 12.0. The lowest BCUT2D eigenvalue weighted by Gasteiger charge is -2.26. The van der Waals surface area contributed by atoms with E-state index in [1.807, 2.05) is 66.7 Å². The summed E-state index contributed by atoms with van der Waals surface area (Å²) in [6.45, 7) is 14.0. The molecule has 2 atom stereocenters. The fourth-order valence-electron chi connectivity index (χ4n) is 2.68. The maximum absolute atomic E-state index is 12.4. The smallest absolute Gasteiger partial charge is 0.410 e. The van der Waals surface area contributed by atoms with Gasteiger partial charge in [0.25, 0.3) is 0 Å². The molecule has 7 heteroatoms. The zero-order valence-electron chi connectivity index (χ0n) is 19.2. The summed E-state index contributed by atoms with van der Waals surface area (Å²) < 4.78 is 20.8. The Morgan fingerprint density at radius 1 is 1.17 bits per heavy atom. The van der Waals surface area contributed by atoms with E-state index in [0.717, 1.165) is 20.9 Å². The van der Waals surface area contributed by atoms with Crippen LogP contribution >= 0.6 is 11.3 Å². The molecule has 30 heavy (non-hydrogen) atoms. The number of thiophene rings is 1. The summed E-state index contributed by atoms with van der Waals surface area (Å²) in [7, 11) is 1.75. The summed E-state index contributed by atoms with van der Waals surface area (Å²) in [6.07, 6.45) is -0.341. The molecule has 0 spiro atoms. The van der Waals surface area contributed by atoms with Crippen molar-refractivity contribution in [2.24, 2.45) is 0 Å². The van der Waals surface area contributed by atoms with Crippen LogP contribution < -0.4 is 4.72 Å². The van der Waals surface area contributed by atoms with Crippen molar-refractivity contribution in [2.45, 2.75) is 71.4 Å². The quantitative estimate of drug-likeness (QED) is 0.557. The van der Waals surface area contributed by atoms with Gasteiger partial charge in [0.2, 0.25) is 0 Å². The third kappa shape index (κ3) is 7.01. The minimum Gasteiger partial charge on any atom is -0.598 e. The van der Waals surface area contributed by atoms with Crippen molar-refractivity contribution in [1.29, 1.82) is 0 Å². The summed E-state index contributed by atoms with van der Waals surface area (Å²) in [5, 5.41) is 0. The number of amides is 1. The minimum atomic E-state index is -1.13. The predicted molar refractivity (Wildman–Crippen MR) is 127 cm³/mol. The van der Waals surface area contributed by atoms with Crippen molar-refractivity contribution in [1.82, 2.24) is 9.62 Å². The second-order valence-corrected chi connectivity index (χ2v) is 12.5. The van der Waals surface area contributed by atoms with E-state index in [4.69, 9.17) is 4.74 Å². The van der Waals surface area contributed by atoms with Crippen molar-refractivity contribution in [3.63, 3.8) is 0 Å². The molecule has 0 aliphatic carbocycles. The molecule has 2 rings (SSSR count). The van der Waals surface area contributed by atoms with Gasteiger partial charge in [-0.3, -0.25) is 0 Å². The van der Waals surface area contributed by atoms with Crippen molar-refractivity contribution in [2.75, 3.05) is 7.05 Å². The van der Waals surface area contributed by atoms with Crippen LogP contribution in [0.25, 0.3) is 10.4 Å². The van der Waals surface area contributed by atoms with Crippen molar-refractivity contribution in [3.8, 4) is 10.4 Å². The Morgan fingerprint density at radius 2 is 1.80 bits per heavy atom. The van der Waals surface area contributed by atoms with E-state index in [-0.39, 0.29) is 16.9 Å². The van der Waals surface area contributed by atoms with Crippen LogP contribution in [0.3, 0.4) is 0 Å². The Kier molecular flexibility index (Phi) is 8.02. The van der Waals surface area contributed by atoms with Gasteiger partial charge in [0.15, 0.2) is 0 Å². The molecule has 5 nitrogen and oxygen atoms in total. The van der Waals surface area contributed by atoms with E-state index < -0.39 is 17.0 Å². The van der Waals surface area contributed by atoms with Crippen LogP contribution in [0.2, 0.25) is 0 Å². The van der Waals surface area contributed by atoms with E-state index in [0.29, 0.717) is 6.54 Å². The van der Waals surface area contributed by atoms with Crippen LogP contribution in [0.5, 0.6) is 0 Å². The lowest BCUT2D eigenvalue weighted by atomic mass is 10.1. The fourth-order valence-corrected chi connectivity index (χ4v) is 4.63. The Hall–Kier alpha value is -1.54. The van der Waals surface area contributed by atoms with Gasteiger partial charge < -0.3 is 14.2 Å². The molecule has 0 saturated carbocycles. The molecule has 0 bridgehead atoms. The van der Waals surface area contributed by atoms with Crippen LogP contribution in [0, 0.1) is 0 Å². The van der Waals surface area contributed by atoms with Crippen LogP contribution in [-0.2, 0) is 22.6 Å². The molecule has 2 aromatic rings. The maximum Gasteiger partial charge on any atom is 0.410 e. The number of carbonyl (C=O) groups excluding carboxylic acids is 1. The van der Waals surface area contributed by atoms with E-state index in [2.05, 4.69) is 22.9 Å². The summed E-state index contributed by atoms with van der Waals surface area (Å²) in [5.41, 5.74) is 1.62. The molecule has 1 amide bonds. The largest absolute Gasteiger partial charge is 0.598 e. The molecule has 1 aromatic heterocycles. The molecule has 0 saturated heterocycles. The summed E-state index contributed by atoms with van der Waals surface area (Å²) in [6, 6.07) is 12.2. The number of nitrogens with zero attached hydrogens (tertiary/aromatic N) is 1. The minimum absolute atomic E-state index is 0.0135. The Bertz CT molecular complexity index is 853. The molecular weight excluding hydrogens is 416 g/mol. The van der Waals surface area contributed by atoms with E-state index in [9.17, 15) is 9.35 Å². The molecule has 1 unspecified atom stereocenters. The van der Waals surface area contributed by atoms with Crippen LogP contribution in [0.15, 0.2) is 36.4 Å². The molecule has 0 aliphatic heterocycles. The summed E-state index contributed by atoms with van der Waals surface area (Å²) in [5.74, 6) is 0. The Labute approximate surface area is 188 Å². The van der Waals surface area contributed by atoms with E-state index in [1.165, 1.54) is 0 Å². The number of ether oxygens (including phenoxy) is 1. The van der Waals surface area contributed by atoms with Gasteiger partial charge >= 0.3 is 6.09 Å². The standard InChI is InChI=1S/C23H34N2O3S2/c1-16(24-30(27)23(5,6)7)19-13-14-20(29-19)18-12-10-9-11-17(18)15-25(8)21(26)28-22(2,3)4/h9-14,16,24H,15H2,1-8H3/t16?,30-/m1/s1. The van der Waals surface area contributed by atoms with Gasteiger partial charge in [-0.15, -0.1) is 16.1 Å². The predicted octanol–water partition coefficient (Wildman–Crippen LogP) is 5.89. The summed E-state index contributed by atoms with van der Waals surface area (Å²) >= 11 is 0.544. The zero-order valence-corrected chi connectivity index (χ0v) is 20.9. The average molecular weight is 451 g/mol. The number of hydrogen-bond donors (Lipinski definition) is 1. The van der Waals surface area contributed by atoms with Crippen molar-refractivity contribution < 1.29 is 14.1 Å². The monoisotopic (exact) mass is 450 g/mol. The lowest BCUT2D eigenvalue weighted by molar-refractivity contribution is 0.0285. The highest BCUT2D eigenvalue weighted by atomic mass is 32.2. The number of nitrogens with one attached hydrogen (secondary N) is 1. The lowest BCUT2D eigenvalue weighted by Crippen LogP contribution is -2.40. The molecule has 0 fully saturated rings. The van der Waals surface area contributed by atoms with Gasteiger partial charge in [0, 0.05) is 34.7 Å². The van der Waals surface area contributed by atoms with E-state index in [1.54, 1.807) is 23.3 Å². The first kappa shape index (κ1) is 24.7. The van der Waals surface area contributed by atoms with Gasteiger partial charge in [0.05, 0.1) is 6.04 Å². The molecule has 166 valence electrons. The molecule has 0 radical (unpaired) electrons. The third-order valence-corrected chi connectivity index (χ3v) is 7.27. The van der Waals surface area contributed by atoms with Crippen LogP contribution in [0.4, 0.5) is 4.79 Å². The third-order valence-electron chi connectivity index (χ3n) is 4.29.